The van der Waals surface area contributed by atoms with Crippen LogP contribution >= 0.6 is 0 Å². The molecule has 2 aromatic rings. The van der Waals surface area contributed by atoms with E-state index in [1.54, 1.807) is 13.1 Å². The number of rotatable bonds is 8. The van der Waals surface area contributed by atoms with Gasteiger partial charge in [0.1, 0.15) is 0 Å². The van der Waals surface area contributed by atoms with Crippen LogP contribution in [-0.2, 0) is 17.8 Å². The van der Waals surface area contributed by atoms with Crippen molar-refractivity contribution in [3.63, 3.8) is 0 Å². The van der Waals surface area contributed by atoms with Crippen LogP contribution in [0.1, 0.15) is 18.2 Å². The number of benzene rings is 1. The third kappa shape index (κ3) is 5.30. The molecule has 1 heterocycles. The lowest BCUT2D eigenvalue weighted by molar-refractivity contribution is -0.141. The Bertz CT molecular complexity index is 572. The molecular weight excluding hydrogens is 276 g/mol. The lowest BCUT2D eigenvalue weighted by atomic mass is 10.1. The first-order valence-corrected chi connectivity index (χ1v) is 7.54. The zero-order valence-corrected chi connectivity index (χ0v) is 12.9. The summed E-state index contributed by atoms with van der Waals surface area (Å²) < 4.78 is 0. The standard InChI is InChI=1S/C18H22N2O2/c1-15(18(21)22)13-20(14-16-7-3-2-4-8-16)12-10-17-9-5-6-11-19-17/h2-9,11,15H,10,12-14H2,1H3,(H,21,22). The second-order valence-electron chi connectivity index (χ2n) is 5.53. The first-order chi connectivity index (χ1) is 10.6. The predicted octanol–water partition coefficient (Wildman–Crippen LogP) is 2.85. The third-order valence-corrected chi connectivity index (χ3v) is 3.61. The molecule has 1 atom stereocenters. The summed E-state index contributed by atoms with van der Waals surface area (Å²) in [6.07, 6.45) is 2.61. The van der Waals surface area contributed by atoms with E-state index in [2.05, 4.69) is 22.0 Å². The number of carbonyl (C=O) groups is 1. The van der Waals surface area contributed by atoms with Crippen LogP contribution in [0.25, 0.3) is 0 Å². The highest BCUT2D eigenvalue weighted by atomic mass is 16.4. The molecule has 0 aliphatic rings. The van der Waals surface area contributed by atoms with Crippen LogP contribution in [0.5, 0.6) is 0 Å². The van der Waals surface area contributed by atoms with Crippen LogP contribution < -0.4 is 0 Å². The minimum atomic E-state index is -0.754. The molecule has 1 aromatic heterocycles. The van der Waals surface area contributed by atoms with Crippen molar-refractivity contribution in [3.8, 4) is 0 Å². The second kappa shape index (κ2) is 8.29. The Kier molecular flexibility index (Phi) is 6.10. The number of pyridine rings is 1. The summed E-state index contributed by atoms with van der Waals surface area (Å²) in [5.41, 5.74) is 2.23. The Morgan fingerprint density at radius 1 is 1.18 bits per heavy atom. The molecule has 1 N–H and O–H groups in total. The van der Waals surface area contributed by atoms with Crippen LogP contribution in [0, 0.1) is 5.92 Å². The van der Waals surface area contributed by atoms with Crippen LogP contribution in [0.2, 0.25) is 0 Å². The summed E-state index contributed by atoms with van der Waals surface area (Å²) in [7, 11) is 0. The maximum absolute atomic E-state index is 11.1. The van der Waals surface area contributed by atoms with Crippen molar-refractivity contribution in [3.05, 3.63) is 66.0 Å². The van der Waals surface area contributed by atoms with Gasteiger partial charge in [-0.25, -0.2) is 0 Å². The average Bonchev–Trinajstić information content (AvgIpc) is 2.54. The van der Waals surface area contributed by atoms with Crippen LogP contribution in [0.3, 0.4) is 0 Å². The maximum atomic E-state index is 11.1. The van der Waals surface area contributed by atoms with Crippen molar-refractivity contribution in [2.24, 2.45) is 5.92 Å². The highest BCUT2D eigenvalue weighted by molar-refractivity contribution is 5.69. The zero-order chi connectivity index (χ0) is 15.8. The number of hydrogen-bond donors (Lipinski definition) is 1. The molecular formula is C18H22N2O2. The van der Waals surface area contributed by atoms with Crippen molar-refractivity contribution in [1.82, 2.24) is 9.88 Å². The molecule has 4 nitrogen and oxygen atoms in total. The van der Waals surface area contributed by atoms with Gasteiger partial charge in [-0.05, 0) is 17.7 Å². The fourth-order valence-electron chi connectivity index (χ4n) is 2.36. The monoisotopic (exact) mass is 298 g/mol. The minimum Gasteiger partial charge on any atom is -0.481 e. The van der Waals surface area contributed by atoms with Gasteiger partial charge in [-0.1, -0.05) is 43.3 Å². The molecule has 116 valence electrons. The molecule has 0 aliphatic carbocycles. The number of aromatic nitrogens is 1. The SMILES string of the molecule is CC(CN(CCc1ccccn1)Cc1ccccc1)C(=O)O. The summed E-state index contributed by atoms with van der Waals surface area (Å²) in [6, 6.07) is 16.0. The van der Waals surface area contributed by atoms with Gasteiger partial charge < -0.3 is 5.11 Å². The van der Waals surface area contributed by atoms with Crippen molar-refractivity contribution in [2.75, 3.05) is 13.1 Å². The van der Waals surface area contributed by atoms with E-state index >= 15 is 0 Å². The number of nitrogens with zero attached hydrogens (tertiary/aromatic N) is 2. The van der Waals surface area contributed by atoms with Crippen molar-refractivity contribution < 1.29 is 9.90 Å². The molecule has 1 aromatic carbocycles. The number of aliphatic carboxylic acids is 1. The van der Waals surface area contributed by atoms with E-state index in [9.17, 15) is 4.79 Å². The molecule has 0 bridgehead atoms. The van der Waals surface area contributed by atoms with Gasteiger partial charge in [0.05, 0.1) is 5.92 Å². The summed E-state index contributed by atoms with van der Waals surface area (Å²) in [5, 5.41) is 9.14. The molecule has 0 saturated heterocycles. The van der Waals surface area contributed by atoms with E-state index in [0.717, 1.165) is 25.2 Å². The molecule has 0 fully saturated rings. The molecule has 2 rings (SSSR count). The van der Waals surface area contributed by atoms with Gasteiger partial charge in [-0.2, -0.15) is 0 Å². The van der Waals surface area contributed by atoms with Gasteiger partial charge in [0.15, 0.2) is 0 Å². The zero-order valence-electron chi connectivity index (χ0n) is 12.9. The van der Waals surface area contributed by atoms with Crippen molar-refractivity contribution in [2.45, 2.75) is 19.9 Å². The fraction of sp³-hybridized carbons (Fsp3) is 0.333. The Balaban J connectivity index is 1.99. The quantitative estimate of drug-likeness (QED) is 0.814. The topological polar surface area (TPSA) is 53.4 Å². The first-order valence-electron chi connectivity index (χ1n) is 7.54. The molecule has 0 saturated carbocycles. The highest BCUT2D eigenvalue weighted by Crippen LogP contribution is 2.09. The van der Waals surface area contributed by atoms with E-state index in [1.165, 1.54) is 5.56 Å². The summed E-state index contributed by atoms with van der Waals surface area (Å²) in [4.78, 5) is 17.6. The predicted molar refractivity (Wildman–Crippen MR) is 86.5 cm³/mol. The van der Waals surface area contributed by atoms with Gasteiger partial charge >= 0.3 is 5.97 Å². The largest absolute Gasteiger partial charge is 0.481 e. The Morgan fingerprint density at radius 3 is 2.55 bits per heavy atom. The number of carboxylic acid groups (broad SMARTS) is 1. The number of hydrogen-bond acceptors (Lipinski definition) is 3. The van der Waals surface area contributed by atoms with E-state index < -0.39 is 5.97 Å². The van der Waals surface area contributed by atoms with Crippen LogP contribution in [0.4, 0.5) is 0 Å². The van der Waals surface area contributed by atoms with Gasteiger partial charge in [0.25, 0.3) is 0 Å². The van der Waals surface area contributed by atoms with Crippen molar-refractivity contribution >= 4 is 5.97 Å². The normalized spacial score (nSPS) is 12.3. The lowest BCUT2D eigenvalue weighted by Crippen LogP contribution is -2.33. The Labute approximate surface area is 131 Å². The van der Waals surface area contributed by atoms with Crippen LogP contribution in [0.15, 0.2) is 54.7 Å². The average molecular weight is 298 g/mol. The van der Waals surface area contributed by atoms with Gasteiger partial charge in [0.2, 0.25) is 0 Å². The molecule has 0 radical (unpaired) electrons. The Hall–Kier alpha value is -2.20. The summed E-state index contributed by atoms with van der Waals surface area (Å²) in [6.45, 7) is 3.84. The van der Waals surface area contributed by atoms with Gasteiger partial charge in [-0.15, -0.1) is 0 Å². The van der Waals surface area contributed by atoms with Crippen LogP contribution in [-0.4, -0.2) is 34.0 Å². The molecule has 0 spiro atoms. The molecule has 0 aliphatic heterocycles. The molecule has 22 heavy (non-hydrogen) atoms. The first kappa shape index (κ1) is 16.2. The van der Waals surface area contributed by atoms with Crippen molar-refractivity contribution in [1.29, 1.82) is 0 Å². The Morgan fingerprint density at radius 2 is 1.91 bits per heavy atom. The van der Waals surface area contributed by atoms with Gasteiger partial charge in [0, 0.05) is 37.9 Å². The fourth-order valence-corrected chi connectivity index (χ4v) is 2.36. The molecule has 4 heteroatoms. The molecule has 0 amide bonds. The summed E-state index contributed by atoms with van der Waals surface area (Å²) >= 11 is 0. The highest BCUT2D eigenvalue weighted by Gasteiger charge is 2.16. The second-order valence-corrected chi connectivity index (χ2v) is 5.53. The van der Waals surface area contributed by atoms with E-state index in [4.69, 9.17) is 5.11 Å². The lowest BCUT2D eigenvalue weighted by Gasteiger charge is -2.24. The third-order valence-electron chi connectivity index (χ3n) is 3.61. The summed E-state index contributed by atoms with van der Waals surface area (Å²) in [5.74, 6) is -1.14. The molecule has 1 unspecified atom stereocenters. The van der Waals surface area contributed by atoms with Gasteiger partial charge in [-0.3, -0.25) is 14.7 Å². The smallest absolute Gasteiger partial charge is 0.307 e. The van der Waals surface area contributed by atoms with E-state index in [0.29, 0.717) is 6.54 Å². The van der Waals surface area contributed by atoms with E-state index in [-0.39, 0.29) is 5.92 Å². The van der Waals surface area contributed by atoms with E-state index in [1.807, 2.05) is 36.4 Å². The number of carboxylic acids is 1. The minimum absolute atomic E-state index is 0.382. The maximum Gasteiger partial charge on any atom is 0.307 e.